The summed E-state index contributed by atoms with van der Waals surface area (Å²) in [5.41, 5.74) is 0.987. The fourth-order valence-electron chi connectivity index (χ4n) is 12.0. The van der Waals surface area contributed by atoms with Crippen molar-refractivity contribution >= 4 is 56.9 Å². The van der Waals surface area contributed by atoms with Gasteiger partial charge in [-0.1, -0.05) is 12.0 Å². The minimum absolute atomic E-state index is 0.000455. The first-order valence-corrected chi connectivity index (χ1v) is 25.1. The molecular weight excluding hydrogens is 909 g/mol. The summed E-state index contributed by atoms with van der Waals surface area (Å²) in [7, 11) is 0. The summed E-state index contributed by atoms with van der Waals surface area (Å²) in [6, 6.07) is 10.4. The number of anilines is 2. The van der Waals surface area contributed by atoms with Crippen LogP contribution in [0.1, 0.15) is 74.6 Å². The van der Waals surface area contributed by atoms with E-state index in [0.717, 1.165) is 115 Å². The smallest absolute Gasteiger partial charge is 0.319 e. The number of nitrogens with zero attached hydrogens (tertiary/aromatic N) is 8. The van der Waals surface area contributed by atoms with E-state index in [1.807, 2.05) is 18.2 Å². The summed E-state index contributed by atoms with van der Waals surface area (Å²) in [5.74, 6) is 1.53. The molecule has 0 spiro atoms. The van der Waals surface area contributed by atoms with Crippen LogP contribution in [0.3, 0.4) is 0 Å². The first kappa shape index (κ1) is 45.5. The van der Waals surface area contributed by atoms with Gasteiger partial charge in [-0.25, -0.2) is 13.5 Å². The molecule has 2 aromatic heterocycles. The zero-order valence-corrected chi connectivity index (χ0v) is 39.5. The second-order valence-electron chi connectivity index (χ2n) is 20.9. The quantitative estimate of drug-likeness (QED) is 0.113. The van der Waals surface area contributed by atoms with Crippen LogP contribution in [0.2, 0.25) is 0 Å². The molecule has 8 heterocycles. The van der Waals surface area contributed by atoms with E-state index in [0.29, 0.717) is 57.4 Å². The van der Waals surface area contributed by atoms with Crippen LogP contribution in [0.5, 0.6) is 11.8 Å². The number of hydrogen-bond donors (Lipinski definition) is 4. The van der Waals surface area contributed by atoms with Crippen LogP contribution in [0.25, 0.3) is 33.6 Å². The van der Waals surface area contributed by atoms with E-state index in [1.165, 1.54) is 28.9 Å². The van der Waals surface area contributed by atoms with Gasteiger partial charge in [-0.05, 0) is 98.2 Å². The lowest BCUT2D eigenvalue weighted by Gasteiger charge is -2.40. The predicted molar refractivity (Wildman–Crippen MR) is 264 cm³/mol. The lowest BCUT2D eigenvalue weighted by molar-refractivity contribution is -0.136. The molecular formula is C53H57F2N11O5. The highest BCUT2D eigenvalue weighted by Gasteiger charge is 2.46. The molecule has 18 heteroatoms. The molecule has 5 aromatic rings. The molecule has 2 bridgehead atoms. The predicted octanol–water partition coefficient (Wildman–Crippen LogP) is 2.94. The number of aromatic hydroxyl groups is 1. The zero-order valence-electron chi connectivity index (χ0n) is 39.5. The van der Waals surface area contributed by atoms with E-state index >= 15 is 8.78 Å². The zero-order chi connectivity index (χ0) is 48.5. The number of ether oxygens (including phenoxy) is 1. The van der Waals surface area contributed by atoms with Gasteiger partial charge in [-0.3, -0.25) is 19.7 Å². The SMILES string of the molecule is C#Cc1c(F)ccc2cc(O)cc(C3NC=c4c(N5CC6CCC(C5)N6)nc(OCC5(CN6CCN(CC7CCN(c8ccc9c(=O)n(C%10CCC(=O)NC%10=O)ncc9c8)CC7)CC6)CC5)nc4=C3F)c12. The number of aromatic nitrogens is 4. The Morgan fingerprint density at radius 1 is 0.873 bits per heavy atom. The fraction of sp³-hybridized carbons (Fsp3) is 0.472. The van der Waals surface area contributed by atoms with Gasteiger partial charge in [-0.2, -0.15) is 15.1 Å². The van der Waals surface area contributed by atoms with Crippen molar-refractivity contribution in [2.24, 2.45) is 11.3 Å². The molecule has 71 heavy (non-hydrogen) atoms. The highest BCUT2D eigenvalue weighted by Crippen LogP contribution is 2.47. The highest BCUT2D eigenvalue weighted by molar-refractivity contribution is 5.99. The Kier molecular flexibility index (Phi) is 11.6. The van der Waals surface area contributed by atoms with Crippen molar-refractivity contribution in [1.29, 1.82) is 0 Å². The van der Waals surface area contributed by atoms with Crippen molar-refractivity contribution in [3.63, 3.8) is 0 Å². The van der Waals surface area contributed by atoms with Gasteiger partial charge in [0.15, 0.2) is 5.83 Å². The molecule has 4 N–H and O–H groups in total. The van der Waals surface area contributed by atoms with E-state index < -0.39 is 29.6 Å². The summed E-state index contributed by atoms with van der Waals surface area (Å²) >= 11 is 0. The van der Waals surface area contributed by atoms with Gasteiger partial charge in [0.25, 0.3) is 11.5 Å². The maximum atomic E-state index is 17.2. The number of carbonyl (C=O) groups excluding carboxylic acids is 2. The van der Waals surface area contributed by atoms with E-state index in [2.05, 4.69) is 46.6 Å². The Bertz CT molecular complexity index is 3200. The Hall–Kier alpha value is -6.68. The van der Waals surface area contributed by atoms with E-state index in [1.54, 1.807) is 12.4 Å². The number of fused-ring (bicyclic) bond motifs is 5. The van der Waals surface area contributed by atoms with E-state index in [4.69, 9.17) is 21.1 Å². The number of phenols is 1. The van der Waals surface area contributed by atoms with Gasteiger partial charge >= 0.3 is 6.01 Å². The number of benzene rings is 3. The van der Waals surface area contributed by atoms with Crippen LogP contribution in [0.4, 0.5) is 20.3 Å². The van der Waals surface area contributed by atoms with E-state index in [9.17, 15) is 19.5 Å². The molecule has 5 saturated heterocycles. The van der Waals surface area contributed by atoms with Crippen molar-refractivity contribution in [3.8, 4) is 24.1 Å². The second kappa shape index (κ2) is 18.2. The number of imide groups is 1. The van der Waals surface area contributed by atoms with Crippen LogP contribution >= 0.6 is 0 Å². The third-order valence-corrected chi connectivity index (χ3v) is 16.1. The van der Waals surface area contributed by atoms with Gasteiger partial charge in [0.1, 0.15) is 34.8 Å². The molecule has 7 aliphatic rings. The number of terminal acetylenes is 1. The van der Waals surface area contributed by atoms with Crippen molar-refractivity contribution in [2.45, 2.75) is 75.5 Å². The minimum atomic E-state index is -1.10. The second-order valence-corrected chi connectivity index (χ2v) is 20.9. The van der Waals surface area contributed by atoms with Gasteiger partial charge in [0, 0.05) is 112 Å². The third kappa shape index (κ3) is 8.71. The van der Waals surface area contributed by atoms with Crippen molar-refractivity contribution < 1.29 is 28.2 Å². The Morgan fingerprint density at radius 3 is 2.39 bits per heavy atom. The van der Waals surface area contributed by atoms with Crippen LogP contribution in [0, 0.1) is 29.5 Å². The topological polar surface area (TPSA) is 173 Å². The summed E-state index contributed by atoms with van der Waals surface area (Å²) in [5, 5.41) is 27.0. The molecule has 16 nitrogen and oxygen atoms in total. The summed E-state index contributed by atoms with van der Waals surface area (Å²) in [6.45, 7) is 9.63. The molecule has 2 amide bonds. The molecule has 4 atom stereocenters. The monoisotopic (exact) mass is 965 g/mol. The summed E-state index contributed by atoms with van der Waals surface area (Å²) < 4.78 is 40.0. The maximum absolute atomic E-state index is 17.2. The van der Waals surface area contributed by atoms with Crippen molar-refractivity contribution in [1.82, 2.24) is 45.5 Å². The first-order chi connectivity index (χ1) is 34.5. The van der Waals surface area contributed by atoms with Gasteiger partial charge < -0.3 is 40.1 Å². The molecule has 6 fully saturated rings. The van der Waals surface area contributed by atoms with E-state index in [-0.39, 0.29) is 52.4 Å². The molecule has 6 aliphatic heterocycles. The number of hydrogen-bond acceptors (Lipinski definition) is 14. The Morgan fingerprint density at radius 2 is 1.65 bits per heavy atom. The number of nitrogens with one attached hydrogen (secondary N) is 3. The largest absolute Gasteiger partial charge is 0.508 e. The Labute approximate surface area is 408 Å². The number of phenolic OH excluding ortho intramolecular Hbond substituents is 1. The first-order valence-electron chi connectivity index (χ1n) is 25.1. The van der Waals surface area contributed by atoms with Gasteiger partial charge in [0.2, 0.25) is 5.91 Å². The molecule has 0 radical (unpaired) electrons. The Balaban J connectivity index is 0.684. The molecule has 1 aliphatic carbocycles. The van der Waals surface area contributed by atoms with Crippen molar-refractivity contribution in [3.05, 3.63) is 86.5 Å². The van der Waals surface area contributed by atoms with Crippen LogP contribution in [-0.2, 0) is 9.59 Å². The minimum Gasteiger partial charge on any atom is -0.508 e. The molecule has 368 valence electrons. The summed E-state index contributed by atoms with van der Waals surface area (Å²) in [4.78, 5) is 56.9. The van der Waals surface area contributed by atoms with Crippen LogP contribution in [-0.4, -0.2) is 131 Å². The third-order valence-electron chi connectivity index (χ3n) is 16.1. The molecule has 12 rings (SSSR count). The molecule has 3 aromatic carbocycles. The van der Waals surface area contributed by atoms with Gasteiger partial charge in [-0.15, -0.1) is 6.42 Å². The maximum Gasteiger partial charge on any atom is 0.319 e. The number of amides is 2. The molecule has 1 saturated carbocycles. The average molecular weight is 966 g/mol. The number of halogens is 2. The highest BCUT2D eigenvalue weighted by atomic mass is 19.1. The van der Waals surface area contributed by atoms with Crippen LogP contribution < -0.4 is 46.6 Å². The lowest BCUT2D eigenvalue weighted by Crippen LogP contribution is -2.54. The number of piperidine rings is 2. The van der Waals surface area contributed by atoms with Crippen LogP contribution in [0.15, 0.2) is 53.5 Å². The summed E-state index contributed by atoms with van der Waals surface area (Å²) in [6.07, 6.45) is 15.9. The van der Waals surface area contributed by atoms with Crippen molar-refractivity contribution in [2.75, 3.05) is 81.9 Å². The normalized spacial score (nSPS) is 24.6. The number of rotatable bonds is 11. The molecule has 4 unspecified atom stereocenters. The van der Waals surface area contributed by atoms with Gasteiger partial charge in [0.05, 0.1) is 29.0 Å². The standard InChI is InChI=1S/C53H57F2N11O5/c1-2-38-42(54)8-3-32-22-37(67)23-40(45(32)38)47-46(55)48-41(25-56-47)49(65-27-34-4-5-35(28-65)58-34)61-52(60-48)71-30-53(13-14-53)29-63-19-17-62(18-20-63)26-31-11-15-64(16-12-31)36-6-7-39-33(21-36)24-57-66(51(39)70)43-9-10-44(68)59-50(43)69/h1,3,6-8,21-25,31,34-35,43,47,56,58,67H,4-5,9-20,26-30H2,(H,59,68,69). The number of carbonyl (C=O) groups is 2. The fourth-order valence-corrected chi connectivity index (χ4v) is 12.0. The number of piperazine rings is 2. The lowest BCUT2D eigenvalue weighted by atomic mass is 9.92. The average Bonchev–Trinajstić information content (AvgIpc) is 4.06.